The van der Waals surface area contributed by atoms with E-state index >= 15 is 0 Å². The molecule has 2 aromatic carbocycles. The number of benzene rings is 2. The maximum absolute atomic E-state index is 11.2. The first-order valence-electron chi connectivity index (χ1n) is 10.5. The highest BCUT2D eigenvalue weighted by atomic mass is 16.5. The second kappa shape index (κ2) is 9.18. The van der Waals surface area contributed by atoms with Gasteiger partial charge in [-0.3, -0.25) is 0 Å². The Labute approximate surface area is 181 Å². The van der Waals surface area contributed by atoms with Crippen LogP contribution in [0.4, 0.5) is 10.6 Å². The van der Waals surface area contributed by atoms with Crippen LogP contribution in [0.2, 0.25) is 0 Å². The number of hydrogen-bond donors (Lipinski definition) is 2. The Morgan fingerprint density at radius 1 is 1.16 bits per heavy atom. The van der Waals surface area contributed by atoms with Gasteiger partial charge in [-0.15, -0.1) is 0 Å². The Morgan fingerprint density at radius 2 is 1.94 bits per heavy atom. The molecular formula is C23H27N5O3. The summed E-state index contributed by atoms with van der Waals surface area (Å²) in [6.07, 6.45) is 1.93. The fraction of sp³-hybridized carbons (Fsp3) is 0.348. The lowest BCUT2D eigenvalue weighted by Crippen LogP contribution is -2.41. The van der Waals surface area contributed by atoms with Gasteiger partial charge in [-0.2, -0.15) is 0 Å². The Kier molecular flexibility index (Phi) is 6.18. The van der Waals surface area contributed by atoms with Gasteiger partial charge in [-0.25, -0.2) is 14.8 Å². The van der Waals surface area contributed by atoms with Crippen LogP contribution in [-0.4, -0.2) is 46.7 Å². The lowest BCUT2D eigenvalue weighted by Gasteiger charge is -2.35. The summed E-state index contributed by atoms with van der Waals surface area (Å²) >= 11 is 0. The first-order chi connectivity index (χ1) is 15.0. The van der Waals surface area contributed by atoms with Crippen molar-refractivity contribution >= 4 is 22.8 Å². The molecule has 1 fully saturated rings. The van der Waals surface area contributed by atoms with Crippen molar-refractivity contribution < 1.29 is 14.3 Å². The topological polar surface area (TPSA) is 103 Å². The van der Waals surface area contributed by atoms with E-state index in [2.05, 4.69) is 32.3 Å². The molecular weight excluding hydrogens is 394 g/mol. The van der Waals surface area contributed by atoms with Gasteiger partial charge in [0.15, 0.2) is 5.75 Å². The van der Waals surface area contributed by atoms with E-state index in [0.717, 1.165) is 36.3 Å². The van der Waals surface area contributed by atoms with Gasteiger partial charge in [0.2, 0.25) is 0 Å². The third kappa shape index (κ3) is 5.03. The third-order valence-corrected chi connectivity index (χ3v) is 5.19. The summed E-state index contributed by atoms with van der Waals surface area (Å²) in [4.78, 5) is 22.4. The zero-order chi connectivity index (χ0) is 21.8. The Morgan fingerprint density at radius 3 is 2.58 bits per heavy atom. The minimum atomic E-state index is -0.875. The van der Waals surface area contributed by atoms with Gasteiger partial charge < -0.3 is 25.4 Å². The molecule has 0 spiro atoms. The predicted octanol–water partition coefficient (Wildman–Crippen LogP) is 3.73. The molecule has 1 aliphatic rings. The molecule has 0 radical (unpaired) electrons. The summed E-state index contributed by atoms with van der Waals surface area (Å²) in [6.45, 7) is 7.06. The van der Waals surface area contributed by atoms with E-state index in [1.54, 1.807) is 12.1 Å². The quantitative estimate of drug-likeness (QED) is 0.571. The Bertz CT molecular complexity index is 1050. The first kappa shape index (κ1) is 20.9. The second-order valence-corrected chi connectivity index (χ2v) is 7.88. The van der Waals surface area contributed by atoms with Gasteiger partial charge in [0, 0.05) is 11.9 Å². The number of rotatable bonds is 8. The van der Waals surface area contributed by atoms with Crippen molar-refractivity contribution in [1.82, 2.24) is 14.9 Å². The number of aromatic nitrogens is 2. The molecule has 3 N–H and O–H groups in total. The summed E-state index contributed by atoms with van der Waals surface area (Å²) in [5, 5.41) is 4.33. The van der Waals surface area contributed by atoms with Crippen LogP contribution >= 0.6 is 0 Å². The number of nitrogens with zero attached hydrogens (tertiary/aromatic N) is 3. The molecule has 1 aliphatic heterocycles. The van der Waals surface area contributed by atoms with Gasteiger partial charge in [-0.1, -0.05) is 18.2 Å². The molecule has 0 saturated carbocycles. The highest BCUT2D eigenvalue weighted by Crippen LogP contribution is 2.31. The van der Waals surface area contributed by atoms with Crippen LogP contribution in [0.15, 0.2) is 48.8 Å². The summed E-state index contributed by atoms with van der Waals surface area (Å²) in [5.74, 6) is 1.83. The van der Waals surface area contributed by atoms with E-state index in [0.29, 0.717) is 17.1 Å². The Hall–Kier alpha value is -3.39. The number of nitrogens with one attached hydrogen (secondary N) is 1. The summed E-state index contributed by atoms with van der Waals surface area (Å²) in [7, 11) is 0. The summed E-state index contributed by atoms with van der Waals surface area (Å²) < 4.78 is 10.9. The standard InChI is InChI=1S/C23H27N5O3/c1-15(2)30-17-9-7-16(8-10-17)19(13-28-11-4-12-28)27-22-18-5-3-6-20(31-23(24)29)21(18)25-14-26-22/h3,5-10,14-15,19H,4,11-13H2,1-2H3,(H2,24,29)(H,25,26,27)/t19-/m1/s1. The van der Waals surface area contributed by atoms with E-state index in [1.165, 1.54) is 12.7 Å². The zero-order valence-corrected chi connectivity index (χ0v) is 17.7. The molecule has 3 aromatic rings. The lowest BCUT2D eigenvalue weighted by molar-refractivity contribution is 0.174. The van der Waals surface area contributed by atoms with Crippen LogP contribution in [0.5, 0.6) is 11.5 Å². The average molecular weight is 422 g/mol. The molecule has 1 saturated heterocycles. The van der Waals surface area contributed by atoms with Crippen LogP contribution in [0.1, 0.15) is 31.9 Å². The molecule has 4 rings (SSSR count). The number of carbonyl (C=O) groups excluding carboxylic acids is 1. The third-order valence-electron chi connectivity index (χ3n) is 5.19. The molecule has 8 heteroatoms. The second-order valence-electron chi connectivity index (χ2n) is 7.88. The number of para-hydroxylation sites is 1. The highest BCUT2D eigenvalue weighted by Gasteiger charge is 2.22. The first-order valence-corrected chi connectivity index (χ1v) is 10.5. The van der Waals surface area contributed by atoms with Gasteiger partial charge >= 0.3 is 6.09 Å². The van der Waals surface area contributed by atoms with Crippen LogP contribution < -0.4 is 20.5 Å². The van der Waals surface area contributed by atoms with Crippen molar-refractivity contribution in [3.05, 3.63) is 54.4 Å². The van der Waals surface area contributed by atoms with Crippen LogP contribution in [-0.2, 0) is 0 Å². The monoisotopic (exact) mass is 421 g/mol. The van der Waals surface area contributed by atoms with Crippen molar-refractivity contribution in [3.63, 3.8) is 0 Å². The van der Waals surface area contributed by atoms with E-state index in [4.69, 9.17) is 15.2 Å². The van der Waals surface area contributed by atoms with E-state index in [-0.39, 0.29) is 12.1 Å². The fourth-order valence-electron chi connectivity index (χ4n) is 3.64. The van der Waals surface area contributed by atoms with E-state index < -0.39 is 6.09 Å². The summed E-state index contributed by atoms with van der Waals surface area (Å²) in [5.41, 5.74) is 6.86. The van der Waals surface area contributed by atoms with Crippen molar-refractivity contribution in [2.75, 3.05) is 25.0 Å². The molecule has 2 heterocycles. The molecule has 0 aliphatic carbocycles. The van der Waals surface area contributed by atoms with Crippen LogP contribution in [0, 0.1) is 0 Å². The number of carbonyl (C=O) groups is 1. The predicted molar refractivity (Wildman–Crippen MR) is 119 cm³/mol. The molecule has 162 valence electrons. The molecule has 0 bridgehead atoms. The molecule has 0 unspecified atom stereocenters. The maximum atomic E-state index is 11.2. The number of likely N-dealkylation sites (tertiary alicyclic amines) is 1. The Balaban J connectivity index is 1.64. The SMILES string of the molecule is CC(C)Oc1ccc([C@@H](CN2CCC2)Nc2ncnc3c(OC(N)=O)cccc23)cc1. The number of anilines is 1. The number of nitrogens with two attached hydrogens (primary N) is 1. The lowest BCUT2D eigenvalue weighted by atomic mass is 10.0. The normalized spacial score (nSPS) is 14.8. The van der Waals surface area contributed by atoms with Crippen molar-refractivity contribution in [1.29, 1.82) is 0 Å². The van der Waals surface area contributed by atoms with Gasteiger partial charge in [0.05, 0.1) is 12.1 Å². The summed E-state index contributed by atoms with van der Waals surface area (Å²) in [6, 6.07) is 13.5. The van der Waals surface area contributed by atoms with Gasteiger partial charge in [0.1, 0.15) is 23.4 Å². The maximum Gasteiger partial charge on any atom is 0.410 e. The minimum Gasteiger partial charge on any atom is -0.491 e. The highest BCUT2D eigenvalue weighted by molar-refractivity contribution is 5.94. The molecule has 1 amide bonds. The zero-order valence-electron chi connectivity index (χ0n) is 17.7. The largest absolute Gasteiger partial charge is 0.491 e. The number of amides is 1. The van der Waals surface area contributed by atoms with Crippen molar-refractivity contribution in [2.24, 2.45) is 5.73 Å². The van der Waals surface area contributed by atoms with Crippen LogP contribution in [0.3, 0.4) is 0 Å². The number of ether oxygens (including phenoxy) is 2. The average Bonchev–Trinajstić information content (AvgIpc) is 2.70. The van der Waals surface area contributed by atoms with E-state index in [1.807, 2.05) is 32.0 Å². The number of fused-ring (bicyclic) bond motifs is 1. The minimum absolute atomic E-state index is 0.0206. The fourth-order valence-corrected chi connectivity index (χ4v) is 3.64. The molecule has 31 heavy (non-hydrogen) atoms. The molecule has 1 aromatic heterocycles. The van der Waals surface area contributed by atoms with Gasteiger partial charge in [0.25, 0.3) is 0 Å². The van der Waals surface area contributed by atoms with Crippen LogP contribution in [0.25, 0.3) is 10.9 Å². The number of primary amides is 1. The van der Waals surface area contributed by atoms with E-state index in [9.17, 15) is 4.79 Å². The van der Waals surface area contributed by atoms with Crippen molar-refractivity contribution in [3.8, 4) is 11.5 Å². The van der Waals surface area contributed by atoms with Gasteiger partial charge in [-0.05, 0) is 63.2 Å². The number of hydrogen-bond acceptors (Lipinski definition) is 7. The molecule has 8 nitrogen and oxygen atoms in total. The van der Waals surface area contributed by atoms with Crippen molar-refractivity contribution in [2.45, 2.75) is 32.4 Å². The molecule has 1 atom stereocenters. The smallest absolute Gasteiger partial charge is 0.410 e.